The number of halogens is 1. The summed E-state index contributed by atoms with van der Waals surface area (Å²) < 4.78 is -0.335. The largest absolute Gasteiger partial charge is 0.395 e. The van der Waals surface area contributed by atoms with E-state index >= 15 is 0 Å². The van der Waals surface area contributed by atoms with E-state index in [1.165, 1.54) is 0 Å². The van der Waals surface area contributed by atoms with E-state index in [0.29, 0.717) is 13.1 Å². The first-order valence-corrected chi connectivity index (χ1v) is 5.30. The summed E-state index contributed by atoms with van der Waals surface area (Å²) in [6, 6.07) is 0. The summed E-state index contributed by atoms with van der Waals surface area (Å²) in [5.41, 5.74) is 0. The molecule has 0 amide bonds. The highest BCUT2D eigenvalue weighted by Crippen LogP contribution is 2.08. The van der Waals surface area contributed by atoms with Crippen LogP contribution < -0.4 is 5.32 Å². The van der Waals surface area contributed by atoms with Crippen molar-refractivity contribution in [2.75, 3.05) is 19.7 Å². The average molecular weight is 301 g/mol. The van der Waals surface area contributed by atoms with Crippen molar-refractivity contribution >= 4 is 22.6 Å². The maximum atomic E-state index is 9.40. The second kappa shape index (κ2) is 7.69. The molecule has 5 heteroatoms. The fourth-order valence-corrected chi connectivity index (χ4v) is 1.28. The number of hydrogen-bond donors (Lipinski definition) is 4. The van der Waals surface area contributed by atoms with Gasteiger partial charge in [-0.15, -0.1) is 6.58 Å². The zero-order valence-electron chi connectivity index (χ0n) is 7.36. The molecule has 0 aromatic heterocycles. The van der Waals surface area contributed by atoms with Crippen LogP contribution in [0, 0.1) is 0 Å². The fraction of sp³-hybridized carbons (Fsp3) is 0.750. The van der Waals surface area contributed by atoms with Crippen molar-refractivity contribution in [2.45, 2.75) is 16.1 Å². The molecule has 1 unspecified atom stereocenters. The minimum Gasteiger partial charge on any atom is -0.395 e. The lowest BCUT2D eigenvalue weighted by atomic mass is 10.1. The van der Waals surface area contributed by atoms with Gasteiger partial charge in [-0.25, -0.2) is 0 Å². The van der Waals surface area contributed by atoms with E-state index in [1.807, 2.05) is 22.6 Å². The molecule has 0 fully saturated rings. The van der Waals surface area contributed by atoms with Crippen LogP contribution in [0.25, 0.3) is 0 Å². The average Bonchev–Trinajstić information content (AvgIpc) is 2.15. The van der Waals surface area contributed by atoms with Gasteiger partial charge in [0.05, 0.1) is 22.7 Å². The fourth-order valence-electron chi connectivity index (χ4n) is 0.803. The van der Waals surface area contributed by atoms with Gasteiger partial charge in [0.25, 0.3) is 0 Å². The molecule has 0 aromatic rings. The highest BCUT2D eigenvalue weighted by atomic mass is 127. The Hall–Kier alpha value is 0.310. The topological polar surface area (TPSA) is 72.7 Å². The van der Waals surface area contributed by atoms with E-state index in [1.54, 1.807) is 6.08 Å². The van der Waals surface area contributed by atoms with Crippen LogP contribution in [0.1, 0.15) is 0 Å². The Bertz CT molecular complexity index is 145. The van der Waals surface area contributed by atoms with Gasteiger partial charge in [-0.3, -0.25) is 0 Å². The summed E-state index contributed by atoms with van der Waals surface area (Å²) in [4.78, 5) is 0. The van der Waals surface area contributed by atoms with Crippen LogP contribution in [-0.2, 0) is 0 Å². The van der Waals surface area contributed by atoms with E-state index in [0.717, 1.165) is 0 Å². The second-order valence-electron chi connectivity index (χ2n) is 2.70. The zero-order valence-corrected chi connectivity index (χ0v) is 9.51. The van der Waals surface area contributed by atoms with Crippen LogP contribution in [0.4, 0.5) is 0 Å². The van der Waals surface area contributed by atoms with Crippen molar-refractivity contribution in [1.82, 2.24) is 5.32 Å². The highest BCUT2D eigenvalue weighted by Gasteiger charge is 2.22. The normalized spacial score (nSPS) is 17.8. The van der Waals surface area contributed by atoms with Crippen LogP contribution >= 0.6 is 22.6 Å². The van der Waals surface area contributed by atoms with Crippen LogP contribution in [0.5, 0.6) is 0 Å². The summed E-state index contributed by atoms with van der Waals surface area (Å²) >= 11 is 1.90. The monoisotopic (exact) mass is 301 g/mol. The minimum absolute atomic E-state index is 0.139. The number of aliphatic hydroxyl groups is 3. The van der Waals surface area contributed by atoms with Gasteiger partial charge in [0.1, 0.15) is 0 Å². The van der Waals surface area contributed by atoms with Crippen LogP contribution in [0.3, 0.4) is 0 Å². The van der Waals surface area contributed by atoms with Gasteiger partial charge in [-0.1, -0.05) is 28.7 Å². The molecular weight excluding hydrogens is 285 g/mol. The standard InChI is InChI=1S/C8H16INO3/c1-2-3-10-4-7(12)8(13)6(9)5-11/h2,6-8,10-13H,1,3-5H2/t6-,7-,8?/m1/s1. The highest BCUT2D eigenvalue weighted by molar-refractivity contribution is 14.1. The Morgan fingerprint density at radius 3 is 2.54 bits per heavy atom. The molecule has 0 heterocycles. The third-order valence-corrected chi connectivity index (χ3v) is 2.71. The summed E-state index contributed by atoms with van der Waals surface area (Å²) in [6.07, 6.45) is -0.0796. The number of alkyl halides is 1. The van der Waals surface area contributed by atoms with Gasteiger partial charge in [0.15, 0.2) is 0 Å². The maximum Gasteiger partial charge on any atom is 0.0951 e. The van der Waals surface area contributed by atoms with Crippen LogP contribution in [0.15, 0.2) is 12.7 Å². The Kier molecular flexibility index (Phi) is 7.87. The first-order chi connectivity index (χ1) is 6.13. The van der Waals surface area contributed by atoms with Crippen molar-refractivity contribution < 1.29 is 15.3 Å². The van der Waals surface area contributed by atoms with Gasteiger partial charge in [-0.2, -0.15) is 0 Å². The van der Waals surface area contributed by atoms with E-state index in [9.17, 15) is 10.2 Å². The van der Waals surface area contributed by atoms with Gasteiger partial charge in [0.2, 0.25) is 0 Å². The number of rotatable bonds is 7. The number of hydrogen-bond acceptors (Lipinski definition) is 4. The molecule has 4 nitrogen and oxygen atoms in total. The molecule has 4 N–H and O–H groups in total. The van der Waals surface area contributed by atoms with E-state index in [-0.39, 0.29) is 10.5 Å². The Morgan fingerprint density at radius 2 is 2.08 bits per heavy atom. The Morgan fingerprint density at radius 1 is 1.46 bits per heavy atom. The van der Waals surface area contributed by atoms with Crippen molar-refractivity contribution in [2.24, 2.45) is 0 Å². The first kappa shape index (κ1) is 13.3. The number of aliphatic hydroxyl groups excluding tert-OH is 3. The molecule has 13 heavy (non-hydrogen) atoms. The van der Waals surface area contributed by atoms with Crippen LogP contribution in [0.2, 0.25) is 0 Å². The summed E-state index contributed by atoms with van der Waals surface area (Å²) in [7, 11) is 0. The predicted molar refractivity (Wildman–Crippen MR) is 60.0 cm³/mol. The van der Waals surface area contributed by atoms with E-state index < -0.39 is 12.2 Å². The lowest BCUT2D eigenvalue weighted by molar-refractivity contribution is 0.0143. The molecule has 0 aliphatic rings. The smallest absolute Gasteiger partial charge is 0.0951 e. The van der Waals surface area contributed by atoms with Crippen LogP contribution in [-0.4, -0.2) is 51.1 Å². The third kappa shape index (κ3) is 5.58. The summed E-state index contributed by atoms with van der Waals surface area (Å²) in [5.74, 6) is 0. The minimum atomic E-state index is -0.900. The summed E-state index contributed by atoms with van der Waals surface area (Å²) in [5, 5.41) is 30.4. The molecule has 0 radical (unpaired) electrons. The second-order valence-corrected chi connectivity index (χ2v) is 4.30. The lowest BCUT2D eigenvalue weighted by Gasteiger charge is -2.21. The molecule has 0 aromatic carbocycles. The molecule has 0 saturated heterocycles. The SMILES string of the molecule is C=CCNC[C@@H](O)C(O)[C@H](I)CO. The Labute approximate surface area is 91.8 Å². The zero-order chi connectivity index (χ0) is 10.3. The predicted octanol–water partition coefficient (Wildman–Crippen LogP) is -0.720. The van der Waals surface area contributed by atoms with Crippen molar-refractivity contribution in [3.63, 3.8) is 0 Å². The molecule has 0 aliphatic carbocycles. The molecule has 3 atom stereocenters. The van der Waals surface area contributed by atoms with E-state index in [4.69, 9.17) is 5.11 Å². The maximum absolute atomic E-state index is 9.40. The van der Waals surface area contributed by atoms with Gasteiger partial charge in [0, 0.05) is 13.1 Å². The third-order valence-electron chi connectivity index (χ3n) is 1.58. The van der Waals surface area contributed by atoms with Gasteiger partial charge >= 0.3 is 0 Å². The molecule has 0 rings (SSSR count). The molecule has 0 spiro atoms. The number of nitrogens with one attached hydrogen (secondary N) is 1. The summed E-state index contributed by atoms with van der Waals surface area (Å²) in [6.45, 7) is 4.26. The molecule has 78 valence electrons. The molecular formula is C8H16INO3. The lowest BCUT2D eigenvalue weighted by Crippen LogP contribution is -2.42. The molecule has 0 aliphatic heterocycles. The first-order valence-electron chi connectivity index (χ1n) is 4.06. The quantitative estimate of drug-likeness (QED) is 0.217. The molecule has 0 saturated carbocycles. The van der Waals surface area contributed by atoms with Crippen molar-refractivity contribution in [3.05, 3.63) is 12.7 Å². The van der Waals surface area contributed by atoms with Crippen molar-refractivity contribution in [1.29, 1.82) is 0 Å². The van der Waals surface area contributed by atoms with E-state index in [2.05, 4.69) is 11.9 Å². The van der Waals surface area contributed by atoms with Crippen molar-refractivity contribution in [3.8, 4) is 0 Å². The Balaban J connectivity index is 3.67. The van der Waals surface area contributed by atoms with Gasteiger partial charge < -0.3 is 20.6 Å². The molecule has 0 bridgehead atoms. The van der Waals surface area contributed by atoms with Gasteiger partial charge in [-0.05, 0) is 0 Å².